The summed E-state index contributed by atoms with van der Waals surface area (Å²) in [4.78, 5) is 0. The number of hydrogen-bond donors (Lipinski definition) is 1. The van der Waals surface area contributed by atoms with Gasteiger partial charge in [0.15, 0.2) is 0 Å². The van der Waals surface area contributed by atoms with Crippen molar-refractivity contribution >= 4 is 0 Å². The molecule has 1 heteroatoms. The first-order valence-electron chi connectivity index (χ1n) is 6.80. The molecular formula is C15H25N. The smallest absolute Gasteiger partial charge is 0.0139 e. The van der Waals surface area contributed by atoms with Gasteiger partial charge in [-0.1, -0.05) is 31.9 Å². The Morgan fingerprint density at radius 1 is 1.12 bits per heavy atom. The predicted octanol–water partition coefficient (Wildman–Crippen LogP) is 3.64. The van der Waals surface area contributed by atoms with Crippen molar-refractivity contribution in [2.75, 3.05) is 6.54 Å². The minimum atomic E-state index is 0.492. The third-order valence-electron chi connectivity index (χ3n) is 5.35. The van der Waals surface area contributed by atoms with Crippen molar-refractivity contribution in [3.8, 4) is 0 Å². The van der Waals surface area contributed by atoms with Gasteiger partial charge in [0.2, 0.25) is 0 Å². The highest BCUT2D eigenvalue weighted by atomic mass is 14.7. The van der Waals surface area contributed by atoms with E-state index in [1.807, 2.05) is 0 Å². The topological polar surface area (TPSA) is 26.0 Å². The highest BCUT2D eigenvalue weighted by Crippen LogP contribution is 2.77. The van der Waals surface area contributed by atoms with E-state index in [1.165, 1.54) is 38.5 Å². The van der Waals surface area contributed by atoms with Crippen LogP contribution in [0.4, 0.5) is 0 Å². The summed E-state index contributed by atoms with van der Waals surface area (Å²) in [7, 11) is 0. The molecule has 90 valence electrons. The molecule has 0 radical (unpaired) electrons. The average molecular weight is 219 g/mol. The van der Waals surface area contributed by atoms with Crippen molar-refractivity contribution in [1.29, 1.82) is 0 Å². The first kappa shape index (κ1) is 10.8. The van der Waals surface area contributed by atoms with E-state index >= 15 is 0 Å². The lowest BCUT2D eigenvalue weighted by atomic mass is 9.33. The van der Waals surface area contributed by atoms with Crippen LogP contribution in [0.1, 0.15) is 59.3 Å². The SMILES string of the molecule is CC1(C)CCC(C23CC(C)(C2)C3)=C(CN)C1. The fraction of sp³-hybridized carbons (Fsp3) is 0.867. The van der Waals surface area contributed by atoms with E-state index in [2.05, 4.69) is 20.8 Å². The molecular weight excluding hydrogens is 194 g/mol. The summed E-state index contributed by atoms with van der Waals surface area (Å²) in [6, 6.07) is 0. The molecule has 0 unspecified atom stereocenters. The van der Waals surface area contributed by atoms with Gasteiger partial charge in [0, 0.05) is 6.54 Å². The second-order valence-corrected chi connectivity index (χ2v) is 7.75. The minimum Gasteiger partial charge on any atom is -0.327 e. The van der Waals surface area contributed by atoms with Crippen LogP contribution in [-0.2, 0) is 0 Å². The van der Waals surface area contributed by atoms with Gasteiger partial charge >= 0.3 is 0 Å². The van der Waals surface area contributed by atoms with Crippen molar-refractivity contribution in [1.82, 2.24) is 0 Å². The third-order valence-corrected chi connectivity index (χ3v) is 5.35. The zero-order chi connectivity index (χ0) is 11.6. The Kier molecular flexibility index (Phi) is 1.98. The Hall–Kier alpha value is -0.300. The molecule has 1 nitrogen and oxygen atoms in total. The van der Waals surface area contributed by atoms with Gasteiger partial charge < -0.3 is 5.73 Å². The third kappa shape index (κ3) is 1.33. The van der Waals surface area contributed by atoms with E-state index in [9.17, 15) is 0 Å². The highest BCUT2D eigenvalue weighted by Gasteiger charge is 2.66. The first-order chi connectivity index (χ1) is 7.38. The Labute approximate surface area is 99.5 Å². The lowest BCUT2D eigenvalue weighted by Gasteiger charge is -2.71. The molecule has 4 aliphatic rings. The van der Waals surface area contributed by atoms with E-state index < -0.39 is 0 Å². The van der Waals surface area contributed by atoms with E-state index in [-0.39, 0.29) is 0 Å². The van der Waals surface area contributed by atoms with Crippen LogP contribution in [0.3, 0.4) is 0 Å². The molecule has 0 aromatic carbocycles. The summed E-state index contributed by atoms with van der Waals surface area (Å²) in [6.07, 6.45) is 8.31. The van der Waals surface area contributed by atoms with Crippen molar-refractivity contribution in [2.45, 2.75) is 59.3 Å². The molecule has 0 spiro atoms. The van der Waals surface area contributed by atoms with E-state index in [0.29, 0.717) is 10.8 Å². The van der Waals surface area contributed by atoms with Gasteiger partial charge in [0.1, 0.15) is 0 Å². The zero-order valence-corrected chi connectivity index (χ0v) is 11.0. The maximum atomic E-state index is 5.98. The fourth-order valence-corrected chi connectivity index (χ4v) is 4.86. The molecule has 0 aromatic rings. The van der Waals surface area contributed by atoms with Crippen LogP contribution >= 0.6 is 0 Å². The summed E-state index contributed by atoms with van der Waals surface area (Å²) >= 11 is 0. The second kappa shape index (κ2) is 2.93. The number of allylic oxidation sites excluding steroid dienone is 1. The molecule has 4 aliphatic carbocycles. The van der Waals surface area contributed by atoms with Crippen LogP contribution in [0.25, 0.3) is 0 Å². The molecule has 4 rings (SSSR count). The van der Waals surface area contributed by atoms with Crippen molar-refractivity contribution in [3.05, 3.63) is 11.1 Å². The Balaban J connectivity index is 1.86. The monoisotopic (exact) mass is 219 g/mol. The molecule has 0 atom stereocenters. The summed E-state index contributed by atoms with van der Waals surface area (Å²) in [5.74, 6) is 0. The van der Waals surface area contributed by atoms with Crippen LogP contribution in [0.2, 0.25) is 0 Å². The van der Waals surface area contributed by atoms with Crippen LogP contribution in [0.5, 0.6) is 0 Å². The van der Waals surface area contributed by atoms with Crippen molar-refractivity contribution in [2.24, 2.45) is 22.0 Å². The predicted molar refractivity (Wildman–Crippen MR) is 68.1 cm³/mol. The molecule has 0 aromatic heterocycles. The van der Waals surface area contributed by atoms with Gasteiger partial charge in [-0.05, 0) is 54.8 Å². The lowest BCUT2D eigenvalue weighted by Crippen LogP contribution is -2.61. The molecule has 0 aliphatic heterocycles. The Morgan fingerprint density at radius 3 is 2.25 bits per heavy atom. The molecule has 2 N–H and O–H groups in total. The molecule has 0 saturated heterocycles. The van der Waals surface area contributed by atoms with E-state index in [4.69, 9.17) is 5.73 Å². The average Bonchev–Trinajstić information content (AvgIpc) is 2.10. The van der Waals surface area contributed by atoms with E-state index in [0.717, 1.165) is 12.0 Å². The van der Waals surface area contributed by atoms with Gasteiger partial charge in [0.25, 0.3) is 0 Å². The number of rotatable bonds is 2. The summed E-state index contributed by atoms with van der Waals surface area (Å²) in [6.45, 7) is 8.03. The quantitative estimate of drug-likeness (QED) is 0.705. The van der Waals surface area contributed by atoms with Crippen LogP contribution in [-0.4, -0.2) is 6.54 Å². The standard InChI is InChI=1S/C15H25N/c1-13(2)5-4-12(11(6-13)7-16)15-8-14(3,9-15)10-15/h4-10,16H2,1-3H3. The number of hydrogen-bond acceptors (Lipinski definition) is 1. The summed E-state index contributed by atoms with van der Waals surface area (Å²) in [5, 5.41) is 0. The molecule has 3 saturated carbocycles. The van der Waals surface area contributed by atoms with Crippen molar-refractivity contribution < 1.29 is 0 Å². The van der Waals surface area contributed by atoms with Crippen molar-refractivity contribution in [3.63, 3.8) is 0 Å². The Morgan fingerprint density at radius 2 is 1.75 bits per heavy atom. The molecule has 3 fully saturated rings. The minimum absolute atomic E-state index is 0.492. The zero-order valence-electron chi connectivity index (χ0n) is 11.0. The maximum absolute atomic E-state index is 5.98. The Bertz CT molecular complexity index is 342. The highest BCUT2D eigenvalue weighted by molar-refractivity contribution is 5.37. The van der Waals surface area contributed by atoms with Gasteiger partial charge in [-0.2, -0.15) is 0 Å². The summed E-state index contributed by atoms with van der Waals surface area (Å²) in [5.41, 5.74) is 11.2. The van der Waals surface area contributed by atoms with Crippen LogP contribution in [0, 0.1) is 16.2 Å². The molecule has 0 heterocycles. The molecule has 0 amide bonds. The molecule has 2 bridgehead atoms. The van der Waals surface area contributed by atoms with Gasteiger partial charge in [0.05, 0.1) is 0 Å². The summed E-state index contributed by atoms with van der Waals surface area (Å²) < 4.78 is 0. The number of nitrogens with two attached hydrogens (primary N) is 1. The van der Waals surface area contributed by atoms with Gasteiger partial charge in [-0.15, -0.1) is 0 Å². The normalized spacial score (nSPS) is 45.0. The van der Waals surface area contributed by atoms with Gasteiger partial charge in [-0.3, -0.25) is 0 Å². The van der Waals surface area contributed by atoms with Crippen LogP contribution < -0.4 is 5.73 Å². The largest absolute Gasteiger partial charge is 0.327 e. The lowest BCUT2D eigenvalue weighted by molar-refractivity contribution is -0.166. The van der Waals surface area contributed by atoms with Gasteiger partial charge in [-0.25, -0.2) is 0 Å². The first-order valence-corrected chi connectivity index (χ1v) is 6.80. The maximum Gasteiger partial charge on any atom is 0.0139 e. The van der Waals surface area contributed by atoms with Crippen LogP contribution in [0.15, 0.2) is 11.1 Å². The van der Waals surface area contributed by atoms with E-state index in [1.54, 1.807) is 11.1 Å². The fourth-order valence-electron chi connectivity index (χ4n) is 4.86. The molecule has 16 heavy (non-hydrogen) atoms. The second-order valence-electron chi connectivity index (χ2n) is 7.75.